The van der Waals surface area contributed by atoms with Crippen LogP contribution in [0.5, 0.6) is 0 Å². The molecule has 3 aromatic heterocycles. The lowest BCUT2D eigenvalue weighted by molar-refractivity contribution is -0.135. The van der Waals surface area contributed by atoms with Crippen LogP contribution in [0.25, 0.3) is 0 Å². The number of nitrogens with zero attached hydrogens (tertiary/aromatic N) is 7. The Morgan fingerprint density at radius 1 is 1.19 bits per heavy atom. The summed E-state index contributed by atoms with van der Waals surface area (Å²) >= 11 is 0. The molecule has 0 spiro atoms. The van der Waals surface area contributed by atoms with Crippen LogP contribution in [0.3, 0.4) is 0 Å². The second-order valence-electron chi connectivity index (χ2n) is 6.71. The first-order valence-corrected chi connectivity index (χ1v) is 9.34. The molecule has 1 unspecified atom stereocenters. The van der Waals surface area contributed by atoms with Crippen molar-refractivity contribution in [3.8, 4) is 0 Å². The molecule has 1 atom stereocenters. The minimum atomic E-state index is -0.251. The number of amides is 1. The van der Waals surface area contributed by atoms with Crippen LogP contribution in [0, 0.1) is 0 Å². The van der Waals surface area contributed by atoms with E-state index in [0.717, 1.165) is 23.6 Å². The van der Waals surface area contributed by atoms with E-state index < -0.39 is 0 Å². The Labute approximate surface area is 157 Å². The molecule has 3 aromatic rings. The molecule has 0 aliphatic carbocycles. The summed E-state index contributed by atoms with van der Waals surface area (Å²) in [5.74, 6) is 1.98. The van der Waals surface area contributed by atoms with E-state index in [-0.39, 0.29) is 11.9 Å². The van der Waals surface area contributed by atoms with E-state index >= 15 is 0 Å². The first-order chi connectivity index (χ1) is 13.3. The van der Waals surface area contributed by atoms with Crippen molar-refractivity contribution in [2.45, 2.75) is 38.8 Å². The van der Waals surface area contributed by atoms with Gasteiger partial charge in [0.2, 0.25) is 5.91 Å². The second kappa shape index (κ2) is 7.69. The number of rotatable bonds is 5. The van der Waals surface area contributed by atoms with Gasteiger partial charge in [-0.15, -0.1) is 10.2 Å². The van der Waals surface area contributed by atoms with E-state index in [1.807, 2.05) is 42.4 Å². The van der Waals surface area contributed by atoms with Crippen LogP contribution >= 0.6 is 0 Å². The van der Waals surface area contributed by atoms with E-state index in [9.17, 15) is 4.79 Å². The zero-order valence-electron chi connectivity index (χ0n) is 15.4. The Morgan fingerprint density at radius 3 is 2.85 bits per heavy atom. The Kier molecular flexibility index (Phi) is 4.95. The average molecular weight is 365 g/mol. The number of carbonyl (C=O) groups excluding carboxylic acids is 1. The van der Waals surface area contributed by atoms with Gasteiger partial charge < -0.3 is 9.47 Å². The standard InChI is InChI=1S/C19H23N7O/c1-2-16(26-9-4-8-21-26)19(27)24-10-6-17-22-23-18(25(17)12-11-24)13-15-5-3-7-20-14-15/h3-5,7-9,14,16H,2,6,10-13H2,1H3. The van der Waals surface area contributed by atoms with Crippen molar-refractivity contribution in [3.05, 3.63) is 60.2 Å². The van der Waals surface area contributed by atoms with Crippen LogP contribution in [0.15, 0.2) is 43.0 Å². The molecule has 0 fully saturated rings. The van der Waals surface area contributed by atoms with Gasteiger partial charge in [-0.2, -0.15) is 5.10 Å². The van der Waals surface area contributed by atoms with E-state index in [0.29, 0.717) is 32.5 Å². The predicted molar refractivity (Wildman–Crippen MR) is 98.9 cm³/mol. The maximum Gasteiger partial charge on any atom is 0.247 e. The van der Waals surface area contributed by atoms with Crippen molar-refractivity contribution in [1.29, 1.82) is 0 Å². The highest BCUT2D eigenvalue weighted by atomic mass is 16.2. The lowest BCUT2D eigenvalue weighted by Gasteiger charge is -2.25. The number of hydrogen-bond donors (Lipinski definition) is 0. The van der Waals surface area contributed by atoms with Gasteiger partial charge >= 0.3 is 0 Å². The monoisotopic (exact) mass is 365 g/mol. The molecular formula is C19H23N7O. The molecular weight excluding hydrogens is 342 g/mol. The Bertz CT molecular complexity index is 888. The average Bonchev–Trinajstić information content (AvgIpc) is 3.29. The lowest BCUT2D eigenvalue weighted by Crippen LogP contribution is -2.39. The number of fused-ring (bicyclic) bond motifs is 1. The summed E-state index contributed by atoms with van der Waals surface area (Å²) < 4.78 is 3.90. The largest absolute Gasteiger partial charge is 0.339 e. The van der Waals surface area contributed by atoms with E-state index in [1.54, 1.807) is 17.1 Å². The molecule has 8 nitrogen and oxygen atoms in total. The Hall–Kier alpha value is -3.03. The SMILES string of the molecule is CCC(C(=O)N1CCc2nnc(Cc3cccnc3)n2CC1)n1cccn1. The molecule has 1 aliphatic heterocycles. The second-order valence-corrected chi connectivity index (χ2v) is 6.71. The van der Waals surface area contributed by atoms with Gasteiger partial charge in [-0.05, 0) is 24.1 Å². The fourth-order valence-corrected chi connectivity index (χ4v) is 3.57. The topological polar surface area (TPSA) is 81.7 Å². The molecule has 27 heavy (non-hydrogen) atoms. The Balaban J connectivity index is 1.48. The molecule has 1 amide bonds. The van der Waals surface area contributed by atoms with Gasteiger partial charge in [0.1, 0.15) is 17.7 Å². The molecule has 0 aromatic carbocycles. The third kappa shape index (κ3) is 3.60. The first-order valence-electron chi connectivity index (χ1n) is 9.34. The summed E-state index contributed by atoms with van der Waals surface area (Å²) in [5, 5.41) is 13.0. The van der Waals surface area contributed by atoms with Crippen molar-refractivity contribution < 1.29 is 4.79 Å². The van der Waals surface area contributed by atoms with Crippen LogP contribution in [0.2, 0.25) is 0 Å². The third-order valence-corrected chi connectivity index (χ3v) is 5.02. The van der Waals surface area contributed by atoms with Gasteiger partial charge in [0.25, 0.3) is 0 Å². The molecule has 8 heteroatoms. The third-order valence-electron chi connectivity index (χ3n) is 5.02. The smallest absolute Gasteiger partial charge is 0.247 e. The quantitative estimate of drug-likeness (QED) is 0.684. The van der Waals surface area contributed by atoms with Gasteiger partial charge in [-0.25, -0.2) is 0 Å². The first kappa shape index (κ1) is 17.4. The predicted octanol–water partition coefficient (Wildman–Crippen LogP) is 1.50. The summed E-state index contributed by atoms with van der Waals surface area (Å²) in [6.07, 6.45) is 9.30. The van der Waals surface area contributed by atoms with E-state index in [4.69, 9.17) is 0 Å². The number of carbonyl (C=O) groups is 1. The highest BCUT2D eigenvalue weighted by Gasteiger charge is 2.27. The number of aromatic nitrogens is 6. The van der Waals surface area contributed by atoms with Crippen LogP contribution in [0.4, 0.5) is 0 Å². The van der Waals surface area contributed by atoms with Crippen molar-refractivity contribution in [2.75, 3.05) is 13.1 Å². The van der Waals surface area contributed by atoms with Crippen molar-refractivity contribution in [3.63, 3.8) is 0 Å². The highest BCUT2D eigenvalue weighted by Crippen LogP contribution is 2.18. The summed E-state index contributed by atoms with van der Waals surface area (Å²) in [6.45, 7) is 4.03. The maximum atomic E-state index is 13.0. The molecule has 4 rings (SSSR count). The molecule has 4 heterocycles. The maximum absolute atomic E-state index is 13.0. The lowest BCUT2D eigenvalue weighted by atomic mass is 10.2. The summed E-state index contributed by atoms with van der Waals surface area (Å²) in [6, 6.07) is 5.57. The van der Waals surface area contributed by atoms with Crippen molar-refractivity contribution >= 4 is 5.91 Å². The van der Waals surface area contributed by atoms with Gasteiger partial charge in [-0.3, -0.25) is 14.5 Å². The number of hydrogen-bond acceptors (Lipinski definition) is 5. The molecule has 140 valence electrons. The van der Waals surface area contributed by atoms with Gasteiger partial charge in [0.05, 0.1) is 0 Å². The normalized spacial score (nSPS) is 15.2. The van der Waals surface area contributed by atoms with E-state index in [1.165, 1.54) is 0 Å². The number of pyridine rings is 1. The minimum absolute atomic E-state index is 0.119. The van der Waals surface area contributed by atoms with Crippen molar-refractivity contribution in [2.24, 2.45) is 0 Å². The Morgan fingerprint density at radius 2 is 2.11 bits per heavy atom. The van der Waals surface area contributed by atoms with Crippen LogP contribution < -0.4 is 0 Å². The van der Waals surface area contributed by atoms with Gasteiger partial charge in [0, 0.05) is 57.3 Å². The fraction of sp³-hybridized carbons (Fsp3) is 0.421. The van der Waals surface area contributed by atoms with Crippen molar-refractivity contribution in [1.82, 2.24) is 34.4 Å². The summed E-state index contributed by atoms with van der Waals surface area (Å²) in [5.41, 5.74) is 1.11. The fourth-order valence-electron chi connectivity index (χ4n) is 3.57. The minimum Gasteiger partial charge on any atom is -0.339 e. The van der Waals surface area contributed by atoms with Crippen LogP contribution in [0.1, 0.15) is 36.6 Å². The highest BCUT2D eigenvalue weighted by molar-refractivity contribution is 5.80. The zero-order valence-corrected chi connectivity index (χ0v) is 15.4. The van der Waals surface area contributed by atoms with Crippen LogP contribution in [-0.2, 0) is 24.2 Å². The van der Waals surface area contributed by atoms with Gasteiger partial charge in [0.15, 0.2) is 0 Å². The molecule has 0 radical (unpaired) electrons. The molecule has 0 N–H and O–H groups in total. The van der Waals surface area contributed by atoms with E-state index in [2.05, 4.69) is 24.8 Å². The zero-order chi connectivity index (χ0) is 18.6. The summed E-state index contributed by atoms with van der Waals surface area (Å²) in [7, 11) is 0. The van der Waals surface area contributed by atoms with Gasteiger partial charge in [-0.1, -0.05) is 13.0 Å². The molecule has 0 bridgehead atoms. The van der Waals surface area contributed by atoms with Crippen LogP contribution in [-0.4, -0.2) is 53.4 Å². The molecule has 0 saturated carbocycles. The molecule has 1 aliphatic rings. The summed E-state index contributed by atoms with van der Waals surface area (Å²) in [4.78, 5) is 19.1. The molecule has 0 saturated heterocycles.